The number of hydrogen-bond acceptors (Lipinski definition) is 3. The fourth-order valence-corrected chi connectivity index (χ4v) is 2.42. The molecule has 21 heavy (non-hydrogen) atoms. The Morgan fingerprint density at radius 3 is 2.62 bits per heavy atom. The second-order valence-corrected chi connectivity index (χ2v) is 5.19. The van der Waals surface area contributed by atoms with E-state index in [4.69, 9.17) is 22.7 Å². The molecule has 3 N–H and O–H groups in total. The van der Waals surface area contributed by atoms with Crippen LogP contribution in [0.4, 0.5) is 0 Å². The number of thiocarbonyl (C=S) groups is 1. The zero-order valence-electron chi connectivity index (χ0n) is 11.3. The van der Waals surface area contributed by atoms with Crippen LogP contribution in [0, 0.1) is 0 Å². The molecule has 3 rings (SSSR count). The summed E-state index contributed by atoms with van der Waals surface area (Å²) in [5, 5.41) is 4.48. The summed E-state index contributed by atoms with van der Waals surface area (Å²) in [6.45, 7) is 0. The first kappa shape index (κ1) is 13.6. The molecule has 2 aromatic carbocycles. The number of hydrogen-bond donors (Lipinski definition) is 2. The molecule has 0 amide bonds. The van der Waals surface area contributed by atoms with E-state index in [1.165, 1.54) is 0 Å². The van der Waals surface area contributed by atoms with Crippen molar-refractivity contribution in [3.8, 4) is 5.75 Å². The summed E-state index contributed by atoms with van der Waals surface area (Å²) in [4.78, 5) is 0. The molecule has 0 saturated carbocycles. The van der Waals surface area contributed by atoms with E-state index in [1.54, 1.807) is 0 Å². The highest BCUT2D eigenvalue weighted by molar-refractivity contribution is 7.80. The zero-order chi connectivity index (χ0) is 14.7. The molecule has 0 spiro atoms. The number of rotatable bonds is 2. The van der Waals surface area contributed by atoms with E-state index in [0.717, 1.165) is 22.6 Å². The third-order valence-electron chi connectivity index (χ3n) is 3.32. The van der Waals surface area contributed by atoms with Crippen molar-refractivity contribution in [2.45, 2.75) is 12.5 Å². The SMILES string of the molecule is NC(=S)N/N=C1\CC(c2ccccc2)Oc2ccccc21. The lowest BCUT2D eigenvalue weighted by atomic mass is 9.96. The molecule has 0 fully saturated rings. The number of nitrogens with two attached hydrogens (primary N) is 1. The molecular weight excluding hydrogens is 282 g/mol. The molecule has 0 aliphatic carbocycles. The van der Waals surface area contributed by atoms with Crippen molar-refractivity contribution in [2.75, 3.05) is 0 Å². The third kappa shape index (κ3) is 3.03. The highest BCUT2D eigenvalue weighted by Crippen LogP contribution is 2.34. The van der Waals surface area contributed by atoms with Crippen molar-refractivity contribution in [3.05, 3.63) is 65.7 Å². The van der Waals surface area contributed by atoms with Gasteiger partial charge < -0.3 is 10.5 Å². The highest BCUT2D eigenvalue weighted by Gasteiger charge is 2.25. The Kier molecular flexibility index (Phi) is 3.83. The summed E-state index contributed by atoms with van der Waals surface area (Å²) in [6.07, 6.45) is 0.601. The number of nitrogens with zero attached hydrogens (tertiary/aromatic N) is 1. The molecule has 1 aliphatic heterocycles. The van der Waals surface area contributed by atoms with Crippen LogP contribution in [0.5, 0.6) is 5.75 Å². The standard InChI is InChI=1S/C16H15N3OS/c17-16(21)19-18-13-10-15(11-6-2-1-3-7-11)20-14-9-5-4-8-12(13)14/h1-9,15H,10H2,(H3,17,19,21)/b18-13+. The van der Waals surface area contributed by atoms with Crippen LogP contribution in [-0.4, -0.2) is 10.8 Å². The molecule has 5 heteroatoms. The van der Waals surface area contributed by atoms with E-state index in [9.17, 15) is 0 Å². The first-order chi connectivity index (χ1) is 10.2. The summed E-state index contributed by atoms with van der Waals surface area (Å²) in [5.74, 6) is 0.820. The van der Waals surface area contributed by atoms with Crippen molar-refractivity contribution in [2.24, 2.45) is 10.8 Å². The van der Waals surface area contributed by atoms with E-state index in [1.807, 2.05) is 42.5 Å². The van der Waals surface area contributed by atoms with Crippen LogP contribution in [-0.2, 0) is 0 Å². The van der Waals surface area contributed by atoms with Gasteiger partial charge >= 0.3 is 0 Å². The Balaban J connectivity index is 1.96. The second kappa shape index (κ2) is 5.93. The summed E-state index contributed by atoms with van der Waals surface area (Å²) in [6, 6.07) is 17.9. The minimum atomic E-state index is -0.0620. The van der Waals surface area contributed by atoms with Gasteiger partial charge in [0.15, 0.2) is 5.11 Å². The Morgan fingerprint density at radius 2 is 1.86 bits per heavy atom. The van der Waals surface area contributed by atoms with Gasteiger partial charge in [-0.25, -0.2) is 0 Å². The van der Waals surface area contributed by atoms with E-state index in [2.05, 4.69) is 22.7 Å². The van der Waals surface area contributed by atoms with E-state index < -0.39 is 0 Å². The Bertz CT molecular complexity index is 685. The highest BCUT2D eigenvalue weighted by atomic mass is 32.1. The molecule has 0 saturated heterocycles. The minimum Gasteiger partial charge on any atom is -0.485 e. The van der Waals surface area contributed by atoms with Crippen LogP contribution in [0.3, 0.4) is 0 Å². The van der Waals surface area contributed by atoms with E-state index in [-0.39, 0.29) is 11.2 Å². The molecule has 1 aliphatic rings. The molecule has 106 valence electrons. The van der Waals surface area contributed by atoms with Gasteiger partial charge in [-0.3, -0.25) is 5.43 Å². The number of hydrazone groups is 1. The van der Waals surface area contributed by atoms with Gasteiger partial charge in [-0.15, -0.1) is 0 Å². The molecule has 0 aromatic heterocycles. The summed E-state index contributed by atoms with van der Waals surface area (Å²) in [7, 11) is 0. The smallest absolute Gasteiger partial charge is 0.184 e. The molecule has 1 unspecified atom stereocenters. The molecule has 1 atom stereocenters. The lowest BCUT2D eigenvalue weighted by Crippen LogP contribution is -2.28. The van der Waals surface area contributed by atoms with Gasteiger partial charge in [0, 0.05) is 12.0 Å². The van der Waals surface area contributed by atoms with Crippen molar-refractivity contribution in [3.63, 3.8) is 0 Å². The van der Waals surface area contributed by atoms with Gasteiger partial charge in [0.1, 0.15) is 11.9 Å². The first-order valence-corrected chi connectivity index (χ1v) is 7.08. The molecule has 2 aromatic rings. The number of para-hydroxylation sites is 1. The molecule has 1 heterocycles. The Morgan fingerprint density at radius 1 is 1.14 bits per heavy atom. The largest absolute Gasteiger partial charge is 0.485 e. The maximum absolute atomic E-state index is 6.08. The summed E-state index contributed by atoms with van der Waals surface area (Å²) >= 11 is 4.81. The minimum absolute atomic E-state index is 0.0620. The average Bonchev–Trinajstić information content (AvgIpc) is 2.53. The van der Waals surface area contributed by atoms with Gasteiger partial charge in [-0.05, 0) is 29.9 Å². The van der Waals surface area contributed by atoms with Crippen molar-refractivity contribution >= 4 is 23.0 Å². The Hall–Kier alpha value is -2.40. The van der Waals surface area contributed by atoms with E-state index in [0.29, 0.717) is 6.42 Å². The number of ether oxygens (including phenoxy) is 1. The van der Waals surface area contributed by atoms with Crippen LogP contribution < -0.4 is 15.9 Å². The second-order valence-electron chi connectivity index (χ2n) is 4.75. The normalized spacial score (nSPS) is 18.7. The van der Waals surface area contributed by atoms with Crippen LogP contribution in [0.25, 0.3) is 0 Å². The van der Waals surface area contributed by atoms with Crippen LogP contribution in [0.1, 0.15) is 23.7 Å². The van der Waals surface area contributed by atoms with Crippen molar-refractivity contribution < 1.29 is 4.74 Å². The number of fused-ring (bicyclic) bond motifs is 1. The van der Waals surface area contributed by atoms with Crippen molar-refractivity contribution in [1.29, 1.82) is 0 Å². The molecular formula is C16H15N3OS. The van der Waals surface area contributed by atoms with Crippen LogP contribution in [0.2, 0.25) is 0 Å². The molecule has 0 radical (unpaired) electrons. The van der Waals surface area contributed by atoms with Crippen LogP contribution in [0.15, 0.2) is 59.7 Å². The van der Waals surface area contributed by atoms with Crippen LogP contribution >= 0.6 is 12.2 Å². The van der Waals surface area contributed by atoms with Crippen molar-refractivity contribution in [1.82, 2.24) is 5.43 Å². The predicted molar refractivity (Wildman–Crippen MR) is 87.3 cm³/mol. The number of benzene rings is 2. The molecule has 4 nitrogen and oxygen atoms in total. The zero-order valence-corrected chi connectivity index (χ0v) is 12.1. The van der Waals surface area contributed by atoms with Gasteiger partial charge in [-0.1, -0.05) is 42.5 Å². The maximum atomic E-state index is 6.08. The first-order valence-electron chi connectivity index (χ1n) is 6.67. The summed E-state index contributed by atoms with van der Waals surface area (Å²) in [5.41, 5.74) is 11.1. The van der Waals surface area contributed by atoms with Gasteiger partial charge in [0.25, 0.3) is 0 Å². The fourth-order valence-electron chi connectivity index (χ4n) is 2.37. The van der Waals surface area contributed by atoms with E-state index >= 15 is 0 Å². The topological polar surface area (TPSA) is 59.6 Å². The van der Waals surface area contributed by atoms with Gasteiger partial charge in [0.2, 0.25) is 0 Å². The van der Waals surface area contributed by atoms with Gasteiger partial charge in [-0.2, -0.15) is 5.10 Å². The van der Waals surface area contributed by atoms with Gasteiger partial charge in [0.05, 0.1) is 5.71 Å². The molecule has 0 bridgehead atoms. The number of nitrogens with one attached hydrogen (secondary N) is 1. The lowest BCUT2D eigenvalue weighted by molar-refractivity contribution is 0.206. The monoisotopic (exact) mass is 297 g/mol. The summed E-state index contributed by atoms with van der Waals surface area (Å²) < 4.78 is 6.08. The quantitative estimate of drug-likeness (QED) is 0.661. The fraction of sp³-hybridized carbons (Fsp3) is 0.125. The Labute approximate surface area is 128 Å². The average molecular weight is 297 g/mol. The lowest BCUT2D eigenvalue weighted by Gasteiger charge is -2.27. The predicted octanol–water partition coefficient (Wildman–Crippen LogP) is 2.75. The third-order valence-corrected chi connectivity index (χ3v) is 3.41. The maximum Gasteiger partial charge on any atom is 0.184 e.